The summed E-state index contributed by atoms with van der Waals surface area (Å²) in [6, 6.07) is 22.1. The van der Waals surface area contributed by atoms with Crippen LogP contribution in [0.2, 0.25) is 0 Å². The van der Waals surface area contributed by atoms with Crippen LogP contribution >= 0.6 is 0 Å². The van der Waals surface area contributed by atoms with Gasteiger partial charge in [-0.2, -0.15) is 0 Å². The van der Waals surface area contributed by atoms with Gasteiger partial charge in [0.05, 0.1) is 12.1 Å². The third-order valence-corrected chi connectivity index (χ3v) is 10.7. The summed E-state index contributed by atoms with van der Waals surface area (Å²) in [4.78, 5) is 77.3. The number of H-pyrrole nitrogens is 2. The van der Waals surface area contributed by atoms with Crippen LogP contribution in [0.5, 0.6) is 0 Å². The van der Waals surface area contributed by atoms with Gasteiger partial charge < -0.3 is 46.6 Å². The molecule has 0 radical (unpaired) electrons. The van der Waals surface area contributed by atoms with Gasteiger partial charge in [0, 0.05) is 60.1 Å². The fourth-order valence-corrected chi connectivity index (χ4v) is 7.35. The molecule has 15 heteroatoms. The van der Waals surface area contributed by atoms with Crippen LogP contribution in [0, 0.1) is 12.2 Å². The van der Waals surface area contributed by atoms with Crippen molar-refractivity contribution in [2.75, 3.05) is 19.8 Å². The summed E-state index contributed by atoms with van der Waals surface area (Å²) in [5, 5.41) is 16.2. The van der Waals surface area contributed by atoms with Crippen molar-refractivity contribution >= 4 is 51.3 Å². The molecule has 3 heterocycles. The molecule has 5 aromatic rings. The summed E-state index contributed by atoms with van der Waals surface area (Å²) in [6.45, 7) is 6.19. The van der Waals surface area contributed by atoms with Gasteiger partial charge in [-0.05, 0) is 61.4 Å². The fourth-order valence-electron chi connectivity index (χ4n) is 7.35. The van der Waals surface area contributed by atoms with E-state index in [4.69, 9.17) is 10.5 Å². The van der Waals surface area contributed by atoms with Crippen LogP contribution in [0.4, 0.5) is 0 Å². The van der Waals surface area contributed by atoms with Crippen molar-refractivity contribution in [3.8, 4) is 12.2 Å². The molecule has 0 spiro atoms. The number of nitrogens with one attached hydrogen (secondary N) is 7. The molecule has 0 fully saturated rings. The van der Waals surface area contributed by atoms with Crippen molar-refractivity contribution in [3.63, 3.8) is 0 Å². The molecule has 2 aromatic heterocycles. The number of carbonyl (C=O) groups excluding carboxylic acids is 5. The molecular weight excluding hydrogens is 775 g/mol. The SMILES string of the molecule is C=CCN1C#COCN[C@H](Cc2c[nH]c3ccccc23)C(=O)N[C@@H](C)C(=O)N[C@@H](Cc2c[nH]c3ccccc23)C(=O)N[C@H](Cc2ccccc2)C(=O)N[C@H](C(N)=O)CCCC1. The molecule has 3 aromatic carbocycles. The van der Waals surface area contributed by atoms with Crippen LogP contribution in [-0.4, -0.2) is 94.4 Å². The second-order valence-electron chi connectivity index (χ2n) is 15.1. The predicted molar refractivity (Wildman–Crippen MR) is 233 cm³/mol. The van der Waals surface area contributed by atoms with Gasteiger partial charge in [-0.15, -0.1) is 6.58 Å². The Labute approximate surface area is 354 Å². The molecule has 0 bridgehead atoms. The highest BCUT2D eigenvalue weighted by molar-refractivity contribution is 5.96. The average molecular weight is 828 g/mol. The topological polar surface area (TPSA) is 216 Å². The van der Waals surface area contributed by atoms with E-state index in [9.17, 15) is 24.0 Å². The number of benzene rings is 3. The van der Waals surface area contributed by atoms with E-state index >= 15 is 0 Å². The van der Waals surface area contributed by atoms with E-state index in [-0.39, 0.29) is 32.4 Å². The second kappa shape index (κ2) is 21.3. The predicted octanol–water partition coefficient (Wildman–Crippen LogP) is 2.64. The van der Waals surface area contributed by atoms with Crippen LogP contribution in [0.25, 0.3) is 21.8 Å². The van der Waals surface area contributed by atoms with Crippen molar-refractivity contribution in [1.29, 1.82) is 0 Å². The average Bonchev–Trinajstić information content (AvgIpc) is 3.87. The Hall–Kier alpha value is -7.05. The Morgan fingerprint density at radius 1 is 0.754 bits per heavy atom. The molecule has 0 saturated heterocycles. The van der Waals surface area contributed by atoms with Crippen LogP contribution < -0.4 is 32.3 Å². The Balaban J connectivity index is 1.30. The monoisotopic (exact) mass is 827 g/mol. The molecule has 15 nitrogen and oxygen atoms in total. The van der Waals surface area contributed by atoms with E-state index in [1.807, 2.05) is 85.1 Å². The van der Waals surface area contributed by atoms with Gasteiger partial charge in [-0.1, -0.05) is 72.8 Å². The highest BCUT2D eigenvalue weighted by atomic mass is 16.5. The minimum atomic E-state index is -1.18. The van der Waals surface area contributed by atoms with Gasteiger partial charge in [0.1, 0.15) is 30.3 Å². The van der Waals surface area contributed by atoms with E-state index in [1.54, 1.807) is 17.2 Å². The molecule has 61 heavy (non-hydrogen) atoms. The first kappa shape index (κ1) is 43.5. The van der Waals surface area contributed by atoms with Crippen LogP contribution in [-0.2, 0) is 48.0 Å². The maximum Gasteiger partial charge on any atom is 0.243 e. The number of carbonyl (C=O) groups is 5. The summed E-state index contributed by atoms with van der Waals surface area (Å²) in [7, 11) is 0. The number of hydrogen-bond acceptors (Lipinski definition) is 8. The molecule has 5 amide bonds. The first-order valence-electron chi connectivity index (χ1n) is 20.5. The number of nitrogens with zero attached hydrogens (tertiary/aromatic N) is 1. The number of fused-ring (bicyclic) bond motifs is 2. The number of para-hydroxylation sites is 2. The van der Waals surface area contributed by atoms with Crippen molar-refractivity contribution in [2.45, 2.75) is 75.7 Å². The first-order valence-corrected chi connectivity index (χ1v) is 20.5. The summed E-state index contributed by atoms with van der Waals surface area (Å²) < 4.78 is 5.62. The lowest BCUT2D eigenvalue weighted by atomic mass is 10.0. The van der Waals surface area contributed by atoms with Gasteiger partial charge in [-0.25, -0.2) is 0 Å². The summed E-state index contributed by atoms with van der Waals surface area (Å²) >= 11 is 0. The van der Waals surface area contributed by atoms with Crippen molar-refractivity contribution in [3.05, 3.63) is 121 Å². The van der Waals surface area contributed by atoms with Crippen LogP contribution in [0.3, 0.4) is 0 Å². The zero-order valence-corrected chi connectivity index (χ0v) is 34.2. The van der Waals surface area contributed by atoms with Crippen molar-refractivity contribution in [1.82, 2.24) is 41.5 Å². The summed E-state index contributed by atoms with van der Waals surface area (Å²) in [5.41, 5.74) is 9.93. The molecular formula is C46H53N9O6. The normalized spacial score (nSPS) is 21.5. The van der Waals surface area contributed by atoms with E-state index < -0.39 is 59.7 Å². The molecule has 9 N–H and O–H groups in total. The highest BCUT2D eigenvalue weighted by Gasteiger charge is 2.32. The molecule has 6 rings (SSSR count). The molecule has 1 aliphatic heterocycles. The van der Waals surface area contributed by atoms with Gasteiger partial charge in [0.25, 0.3) is 0 Å². The largest absolute Gasteiger partial charge is 0.429 e. The number of hydrogen-bond donors (Lipinski definition) is 8. The first-order chi connectivity index (χ1) is 29.6. The lowest BCUT2D eigenvalue weighted by Gasteiger charge is -2.26. The van der Waals surface area contributed by atoms with E-state index in [1.165, 1.54) is 6.92 Å². The standard InChI is InChI=1S/C46H53N9O6/c1-3-20-55-21-12-11-19-38(42(47)56)52-45(59)40(24-31-13-5-4-6-14-31)54-46(60)41(26-33-28-49-37-18-10-8-16-35(33)37)53-43(57)30(2)51-44(58)39(50-29-61-23-22-55)25-32-27-48-36-17-9-7-15-34(32)36/h3-10,13-18,27-28,30,38-41,48-50H,1,11-12,19-21,24-26,29H2,2H3,(H2,47,56)(H,51,58)(H,52,59)(H,53,57)(H,54,60)/t30-,38-,39+,40+,41-/m0/s1. The van der Waals surface area contributed by atoms with Gasteiger partial charge in [-0.3, -0.25) is 29.3 Å². The van der Waals surface area contributed by atoms with Crippen LogP contribution in [0.15, 0.2) is 104 Å². The van der Waals surface area contributed by atoms with E-state index in [2.05, 4.69) is 55.3 Å². The molecule has 318 valence electrons. The number of aromatic amines is 2. The lowest BCUT2D eigenvalue weighted by Crippen LogP contribution is -2.59. The maximum absolute atomic E-state index is 14.4. The van der Waals surface area contributed by atoms with Crippen LogP contribution in [0.1, 0.15) is 42.9 Å². The molecule has 0 unspecified atom stereocenters. The third kappa shape index (κ3) is 12.0. The summed E-state index contributed by atoms with van der Waals surface area (Å²) in [6.07, 6.45) is 9.78. The quantitative estimate of drug-likeness (QED) is 0.0815. The number of amides is 5. The Morgan fingerprint density at radius 3 is 1.98 bits per heavy atom. The zero-order valence-electron chi connectivity index (χ0n) is 34.2. The Kier molecular flexibility index (Phi) is 15.2. The number of nitrogens with two attached hydrogens (primary N) is 1. The highest BCUT2D eigenvalue weighted by Crippen LogP contribution is 2.21. The van der Waals surface area contributed by atoms with E-state index in [0.717, 1.165) is 38.5 Å². The van der Waals surface area contributed by atoms with Gasteiger partial charge in [0.2, 0.25) is 29.5 Å². The third-order valence-electron chi connectivity index (χ3n) is 10.7. The minimum Gasteiger partial charge on any atom is -0.429 e. The maximum atomic E-state index is 14.4. The van der Waals surface area contributed by atoms with Crippen molar-refractivity contribution in [2.24, 2.45) is 5.73 Å². The Bertz CT molecular complexity index is 2380. The second-order valence-corrected chi connectivity index (χ2v) is 15.1. The molecule has 1 aliphatic rings. The smallest absolute Gasteiger partial charge is 0.243 e. The van der Waals surface area contributed by atoms with Gasteiger partial charge in [0.15, 0.2) is 6.73 Å². The number of aromatic nitrogens is 2. The Morgan fingerprint density at radius 2 is 1.33 bits per heavy atom. The van der Waals surface area contributed by atoms with E-state index in [0.29, 0.717) is 25.9 Å². The lowest BCUT2D eigenvalue weighted by molar-refractivity contribution is -0.134. The fraction of sp³-hybridized carbons (Fsp3) is 0.326. The molecule has 5 atom stereocenters. The number of primary amides is 1. The number of ether oxygens (including phenoxy) is 1. The number of rotatable bonds is 9. The molecule has 0 saturated carbocycles. The summed E-state index contributed by atoms with van der Waals surface area (Å²) in [5.74, 6) is -3.06. The minimum absolute atomic E-state index is 0.0534. The zero-order chi connectivity index (χ0) is 43.1. The van der Waals surface area contributed by atoms with Crippen molar-refractivity contribution < 1.29 is 28.7 Å². The molecule has 0 aliphatic carbocycles. The van der Waals surface area contributed by atoms with Gasteiger partial charge >= 0.3 is 0 Å².